The van der Waals surface area contributed by atoms with Gasteiger partial charge in [-0.25, -0.2) is 9.48 Å². The number of nitrogens with zero attached hydrogens (tertiary/aromatic N) is 3. The first-order valence-corrected chi connectivity index (χ1v) is 8.80. The van der Waals surface area contributed by atoms with Crippen molar-refractivity contribution in [2.24, 2.45) is 0 Å². The van der Waals surface area contributed by atoms with Crippen LogP contribution in [0.4, 0.5) is 5.69 Å². The molecule has 3 aromatic rings. The van der Waals surface area contributed by atoms with Crippen molar-refractivity contribution in [3.8, 4) is 5.69 Å². The molecule has 0 spiro atoms. The minimum atomic E-state index is -0.514. The number of rotatable bonds is 4. The molecule has 27 heavy (non-hydrogen) atoms. The second-order valence-electron chi connectivity index (χ2n) is 6.43. The van der Waals surface area contributed by atoms with Gasteiger partial charge in [0.15, 0.2) is 6.61 Å². The summed E-state index contributed by atoms with van der Waals surface area (Å²) in [5, 5.41) is 4.23. The number of aromatic nitrogens is 2. The number of anilines is 1. The van der Waals surface area contributed by atoms with Crippen molar-refractivity contribution in [3.05, 3.63) is 77.6 Å². The molecule has 0 atom stereocenters. The highest BCUT2D eigenvalue weighted by molar-refractivity contribution is 5.98. The third kappa shape index (κ3) is 3.33. The normalized spacial score (nSPS) is 12.7. The molecular formula is C21H19N3O3. The minimum Gasteiger partial charge on any atom is -0.452 e. The maximum absolute atomic E-state index is 12.4. The van der Waals surface area contributed by atoms with Crippen LogP contribution in [0.25, 0.3) is 5.69 Å². The molecule has 1 aromatic heterocycles. The first-order valence-electron chi connectivity index (χ1n) is 8.80. The molecule has 0 aliphatic carbocycles. The van der Waals surface area contributed by atoms with E-state index in [1.54, 1.807) is 40.0 Å². The summed E-state index contributed by atoms with van der Waals surface area (Å²) in [6.45, 7) is 2.30. The molecule has 6 heteroatoms. The van der Waals surface area contributed by atoms with E-state index < -0.39 is 5.97 Å². The van der Waals surface area contributed by atoms with Crippen LogP contribution in [-0.4, -0.2) is 34.8 Å². The lowest BCUT2D eigenvalue weighted by Gasteiger charge is -2.17. The number of para-hydroxylation sites is 1. The summed E-state index contributed by atoms with van der Waals surface area (Å²) in [4.78, 5) is 26.4. The highest BCUT2D eigenvalue weighted by Gasteiger charge is 2.25. The van der Waals surface area contributed by atoms with E-state index in [2.05, 4.69) is 5.10 Å². The van der Waals surface area contributed by atoms with E-state index in [0.29, 0.717) is 12.1 Å². The molecule has 0 radical (unpaired) electrons. The summed E-state index contributed by atoms with van der Waals surface area (Å²) in [7, 11) is 0. The summed E-state index contributed by atoms with van der Waals surface area (Å²) < 4.78 is 7.00. The Bertz CT molecular complexity index is 992. The molecule has 0 saturated carbocycles. The van der Waals surface area contributed by atoms with Crippen LogP contribution < -0.4 is 4.90 Å². The summed E-state index contributed by atoms with van der Waals surface area (Å²) in [6, 6.07) is 16.6. The largest absolute Gasteiger partial charge is 0.452 e. The second kappa shape index (κ2) is 7.07. The number of ether oxygens (including phenoxy) is 1. The first-order chi connectivity index (χ1) is 13.1. The predicted octanol–water partition coefficient (Wildman–Crippen LogP) is 2.93. The van der Waals surface area contributed by atoms with Crippen molar-refractivity contribution in [2.75, 3.05) is 18.1 Å². The lowest BCUT2D eigenvalue weighted by atomic mass is 10.2. The molecule has 1 aliphatic heterocycles. The van der Waals surface area contributed by atoms with Gasteiger partial charge in [0.25, 0.3) is 5.91 Å². The number of esters is 1. The predicted molar refractivity (Wildman–Crippen MR) is 101 cm³/mol. The summed E-state index contributed by atoms with van der Waals surface area (Å²) in [6.07, 6.45) is 2.55. The van der Waals surface area contributed by atoms with Gasteiger partial charge in [0.2, 0.25) is 0 Å². The van der Waals surface area contributed by atoms with Crippen molar-refractivity contribution >= 4 is 17.6 Å². The van der Waals surface area contributed by atoms with Gasteiger partial charge in [0.05, 0.1) is 11.3 Å². The molecule has 4 rings (SSSR count). The quantitative estimate of drug-likeness (QED) is 0.670. The molecule has 0 bridgehead atoms. The molecular weight excluding hydrogens is 342 g/mol. The average molecular weight is 361 g/mol. The highest BCUT2D eigenvalue weighted by Crippen LogP contribution is 2.27. The standard InChI is InChI=1S/C21H19N3O3/c1-15-10-12-22-24(15)18-8-6-17(7-9-18)21(26)27-14-20(25)23-13-11-16-4-2-3-5-19(16)23/h2-10,12H,11,13-14H2,1H3. The van der Waals surface area contributed by atoms with Gasteiger partial charge >= 0.3 is 5.97 Å². The van der Waals surface area contributed by atoms with Crippen molar-refractivity contribution in [1.29, 1.82) is 0 Å². The third-order valence-corrected chi connectivity index (χ3v) is 4.69. The van der Waals surface area contributed by atoms with Crippen molar-refractivity contribution in [3.63, 3.8) is 0 Å². The number of hydrogen-bond donors (Lipinski definition) is 0. The molecule has 0 N–H and O–H groups in total. The molecule has 0 saturated heterocycles. The number of aryl methyl sites for hydroxylation is 1. The van der Waals surface area contributed by atoms with Crippen LogP contribution in [-0.2, 0) is 16.0 Å². The molecule has 2 heterocycles. The number of benzene rings is 2. The van der Waals surface area contributed by atoms with Gasteiger partial charge in [-0.2, -0.15) is 5.10 Å². The fraction of sp³-hybridized carbons (Fsp3) is 0.190. The Labute approximate surface area is 157 Å². The first kappa shape index (κ1) is 17.0. The van der Waals surface area contributed by atoms with Crippen LogP contribution in [0.15, 0.2) is 60.8 Å². The van der Waals surface area contributed by atoms with Gasteiger partial charge in [-0.05, 0) is 55.3 Å². The summed E-state index contributed by atoms with van der Waals surface area (Å²) in [5.41, 5.74) is 4.30. The Morgan fingerprint density at radius 3 is 2.59 bits per heavy atom. The van der Waals surface area contributed by atoms with Gasteiger partial charge in [0, 0.05) is 24.1 Å². The minimum absolute atomic E-state index is 0.211. The number of carbonyl (C=O) groups is 2. The van der Waals surface area contributed by atoms with Crippen molar-refractivity contribution in [1.82, 2.24) is 9.78 Å². The fourth-order valence-electron chi connectivity index (χ4n) is 3.26. The molecule has 0 fully saturated rings. The van der Waals surface area contributed by atoms with Gasteiger partial charge in [-0.1, -0.05) is 18.2 Å². The lowest BCUT2D eigenvalue weighted by molar-refractivity contribution is -0.121. The topological polar surface area (TPSA) is 64.4 Å². The Morgan fingerprint density at radius 1 is 1.07 bits per heavy atom. The van der Waals surface area contributed by atoms with Crippen molar-refractivity contribution in [2.45, 2.75) is 13.3 Å². The smallest absolute Gasteiger partial charge is 0.338 e. The molecule has 2 aromatic carbocycles. The van der Waals surface area contributed by atoms with E-state index in [-0.39, 0.29) is 12.5 Å². The highest BCUT2D eigenvalue weighted by atomic mass is 16.5. The lowest BCUT2D eigenvalue weighted by Crippen LogP contribution is -2.33. The fourth-order valence-corrected chi connectivity index (χ4v) is 3.26. The Hall–Kier alpha value is -3.41. The van der Waals surface area contributed by atoms with Crippen molar-refractivity contribution < 1.29 is 14.3 Å². The maximum Gasteiger partial charge on any atom is 0.338 e. The van der Waals surface area contributed by atoms with Gasteiger partial charge in [-0.15, -0.1) is 0 Å². The van der Waals surface area contributed by atoms with Gasteiger partial charge < -0.3 is 9.64 Å². The van der Waals surface area contributed by atoms with Crippen LogP contribution in [0.5, 0.6) is 0 Å². The van der Waals surface area contributed by atoms with Crippen LogP contribution >= 0.6 is 0 Å². The van der Waals surface area contributed by atoms with E-state index in [1.807, 2.05) is 37.3 Å². The number of hydrogen-bond acceptors (Lipinski definition) is 4. The second-order valence-corrected chi connectivity index (χ2v) is 6.43. The number of amides is 1. The summed E-state index contributed by atoms with van der Waals surface area (Å²) in [5.74, 6) is -0.725. The molecule has 136 valence electrons. The van der Waals surface area contributed by atoms with E-state index >= 15 is 0 Å². The Morgan fingerprint density at radius 2 is 1.85 bits per heavy atom. The third-order valence-electron chi connectivity index (χ3n) is 4.69. The Balaban J connectivity index is 1.38. The van der Waals surface area contributed by atoms with Gasteiger partial charge in [-0.3, -0.25) is 4.79 Å². The zero-order chi connectivity index (χ0) is 18.8. The molecule has 1 aliphatic rings. The number of carbonyl (C=O) groups excluding carboxylic acids is 2. The van der Waals surface area contributed by atoms with Crippen LogP contribution in [0.1, 0.15) is 21.6 Å². The maximum atomic E-state index is 12.4. The monoisotopic (exact) mass is 361 g/mol. The zero-order valence-electron chi connectivity index (χ0n) is 15.0. The number of fused-ring (bicyclic) bond motifs is 1. The molecule has 6 nitrogen and oxygen atoms in total. The van der Waals surface area contributed by atoms with E-state index in [4.69, 9.17) is 4.74 Å². The summed E-state index contributed by atoms with van der Waals surface area (Å²) >= 11 is 0. The van der Waals surface area contributed by atoms with Crippen LogP contribution in [0.2, 0.25) is 0 Å². The SMILES string of the molecule is Cc1ccnn1-c1ccc(C(=O)OCC(=O)N2CCc3ccccc32)cc1. The average Bonchev–Trinajstić information content (AvgIpc) is 3.32. The van der Waals surface area contributed by atoms with E-state index in [1.165, 1.54) is 0 Å². The zero-order valence-corrected chi connectivity index (χ0v) is 15.0. The molecule has 1 amide bonds. The van der Waals surface area contributed by atoms with Crippen LogP contribution in [0, 0.1) is 6.92 Å². The van der Waals surface area contributed by atoms with Crippen LogP contribution in [0.3, 0.4) is 0 Å². The Kier molecular flexibility index (Phi) is 4.46. The van der Waals surface area contributed by atoms with E-state index in [9.17, 15) is 9.59 Å². The van der Waals surface area contributed by atoms with E-state index in [0.717, 1.165) is 29.1 Å². The molecule has 0 unspecified atom stereocenters. The van der Waals surface area contributed by atoms with Gasteiger partial charge in [0.1, 0.15) is 0 Å².